The molecule has 4 aromatic carbocycles. The van der Waals surface area contributed by atoms with Gasteiger partial charge in [-0.25, -0.2) is 0 Å². The van der Waals surface area contributed by atoms with Crippen LogP contribution in [0, 0.1) is 5.92 Å². The minimum atomic E-state index is -0.886. The van der Waals surface area contributed by atoms with Gasteiger partial charge in [0.25, 0.3) is 0 Å². The third-order valence-corrected chi connectivity index (χ3v) is 8.21. The molecule has 0 aliphatic carbocycles. The summed E-state index contributed by atoms with van der Waals surface area (Å²) in [5, 5.41) is 24.9. The van der Waals surface area contributed by atoms with Gasteiger partial charge in [-0.3, -0.25) is 0 Å². The SMILES string of the molecule is COc1ccccc1COCCCOc1ccc([C@H]2[C@H](COC[C@@H](O)CO)CNC[C@@H]2OCc2ccc3ccccc3c2)cc1. The maximum absolute atomic E-state index is 9.79. The van der Waals surface area contributed by atoms with Gasteiger partial charge in [0.15, 0.2) is 0 Å². The van der Waals surface area contributed by atoms with Crippen LogP contribution < -0.4 is 14.8 Å². The van der Waals surface area contributed by atoms with E-state index in [2.05, 4.69) is 53.8 Å². The number of piperidine rings is 1. The second kappa shape index (κ2) is 17.3. The van der Waals surface area contributed by atoms with Crippen molar-refractivity contribution in [2.24, 2.45) is 5.92 Å². The molecule has 8 nitrogen and oxygen atoms in total. The monoisotopic (exact) mass is 615 g/mol. The summed E-state index contributed by atoms with van der Waals surface area (Å²) in [7, 11) is 1.67. The molecule has 1 heterocycles. The molecule has 0 spiro atoms. The fourth-order valence-corrected chi connectivity index (χ4v) is 5.86. The second-order valence-electron chi connectivity index (χ2n) is 11.5. The van der Waals surface area contributed by atoms with Crippen molar-refractivity contribution in [2.75, 3.05) is 53.2 Å². The normalized spacial score (nSPS) is 19.0. The van der Waals surface area contributed by atoms with Gasteiger partial charge in [-0.15, -0.1) is 0 Å². The molecule has 1 aliphatic rings. The lowest BCUT2D eigenvalue weighted by Gasteiger charge is -2.39. The molecule has 0 unspecified atom stereocenters. The summed E-state index contributed by atoms with van der Waals surface area (Å²) >= 11 is 0. The summed E-state index contributed by atoms with van der Waals surface area (Å²) in [6.45, 7) is 3.86. The van der Waals surface area contributed by atoms with Gasteiger partial charge in [-0.1, -0.05) is 66.7 Å². The number of aliphatic hydroxyl groups is 2. The molecular weight excluding hydrogens is 570 g/mol. The summed E-state index contributed by atoms with van der Waals surface area (Å²) in [6.07, 6.45) is -0.189. The molecule has 0 bridgehead atoms. The van der Waals surface area contributed by atoms with Gasteiger partial charge >= 0.3 is 0 Å². The van der Waals surface area contributed by atoms with E-state index in [1.54, 1.807) is 7.11 Å². The number of hydrogen-bond acceptors (Lipinski definition) is 8. The second-order valence-corrected chi connectivity index (χ2v) is 11.5. The van der Waals surface area contributed by atoms with Crippen LogP contribution in [-0.4, -0.2) is 75.7 Å². The zero-order valence-corrected chi connectivity index (χ0v) is 26.0. The molecule has 1 fully saturated rings. The number of methoxy groups -OCH3 is 1. The molecule has 1 aliphatic heterocycles. The minimum absolute atomic E-state index is 0.0752. The van der Waals surface area contributed by atoms with E-state index in [1.807, 2.05) is 42.5 Å². The van der Waals surface area contributed by atoms with E-state index in [0.717, 1.165) is 47.7 Å². The zero-order chi connectivity index (χ0) is 31.3. The first-order valence-electron chi connectivity index (χ1n) is 15.7. The summed E-state index contributed by atoms with van der Waals surface area (Å²) in [6, 6.07) is 30.9. The Balaban J connectivity index is 1.17. The lowest BCUT2D eigenvalue weighted by molar-refractivity contribution is -0.0416. The molecule has 0 aromatic heterocycles. The van der Waals surface area contributed by atoms with E-state index in [0.29, 0.717) is 33.0 Å². The maximum Gasteiger partial charge on any atom is 0.124 e. The Hall–Kier alpha value is -3.50. The maximum atomic E-state index is 9.79. The Morgan fingerprint density at radius 3 is 2.47 bits per heavy atom. The lowest BCUT2D eigenvalue weighted by atomic mass is 9.79. The smallest absolute Gasteiger partial charge is 0.124 e. The first-order chi connectivity index (χ1) is 22.1. The third-order valence-electron chi connectivity index (χ3n) is 8.21. The van der Waals surface area contributed by atoms with Crippen LogP contribution in [-0.2, 0) is 27.4 Å². The average Bonchev–Trinajstić information content (AvgIpc) is 3.09. The largest absolute Gasteiger partial charge is 0.496 e. The number of hydrogen-bond donors (Lipinski definition) is 3. The van der Waals surface area contributed by atoms with Gasteiger partial charge in [0, 0.05) is 36.9 Å². The highest BCUT2D eigenvalue weighted by Crippen LogP contribution is 2.34. The highest BCUT2D eigenvalue weighted by atomic mass is 16.5. The first kappa shape index (κ1) is 32.9. The zero-order valence-electron chi connectivity index (χ0n) is 26.0. The fraction of sp³-hybridized carbons (Fsp3) is 0.405. The molecule has 45 heavy (non-hydrogen) atoms. The van der Waals surface area contributed by atoms with Gasteiger partial charge in [0.05, 0.1) is 59.5 Å². The summed E-state index contributed by atoms with van der Waals surface area (Å²) < 4.78 is 29.7. The van der Waals surface area contributed by atoms with Crippen LogP contribution in [0.25, 0.3) is 10.8 Å². The van der Waals surface area contributed by atoms with E-state index in [9.17, 15) is 10.2 Å². The van der Waals surface area contributed by atoms with Crippen LogP contribution in [0.3, 0.4) is 0 Å². The number of ether oxygens (including phenoxy) is 5. The quantitative estimate of drug-likeness (QED) is 0.141. The molecule has 240 valence electrons. The predicted octanol–water partition coefficient (Wildman–Crippen LogP) is 5.09. The van der Waals surface area contributed by atoms with Crippen LogP contribution in [0.2, 0.25) is 0 Å². The molecule has 0 saturated carbocycles. The predicted molar refractivity (Wildman–Crippen MR) is 175 cm³/mol. The number of fused-ring (bicyclic) bond motifs is 1. The molecule has 4 aromatic rings. The number of rotatable bonds is 17. The van der Waals surface area contributed by atoms with Gasteiger partial charge in [0.2, 0.25) is 0 Å². The van der Waals surface area contributed by atoms with Gasteiger partial charge in [0.1, 0.15) is 17.6 Å². The van der Waals surface area contributed by atoms with Crippen molar-refractivity contribution in [2.45, 2.75) is 37.8 Å². The van der Waals surface area contributed by atoms with Gasteiger partial charge in [-0.05, 0) is 46.2 Å². The minimum Gasteiger partial charge on any atom is -0.496 e. The Morgan fingerprint density at radius 1 is 0.844 bits per heavy atom. The summed E-state index contributed by atoms with van der Waals surface area (Å²) in [5.74, 6) is 1.85. The van der Waals surface area contributed by atoms with E-state index in [1.165, 1.54) is 10.8 Å². The third kappa shape index (κ3) is 9.50. The van der Waals surface area contributed by atoms with Crippen LogP contribution in [0.5, 0.6) is 11.5 Å². The van der Waals surface area contributed by atoms with Crippen LogP contribution in [0.1, 0.15) is 29.0 Å². The Bertz CT molecular complexity index is 1450. The Morgan fingerprint density at radius 2 is 1.64 bits per heavy atom. The molecule has 8 heteroatoms. The molecule has 1 saturated heterocycles. The van der Waals surface area contributed by atoms with Crippen molar-refractivity contribution in [1.82, 2.24) is 5.32 Å². The van der Waals surface area contributed by atoms with E-state index < -0.39 is 6.10 Å². The van der Waals surface area contributed by atoms with Crippen molar-refractivity contribution in [3.05, 3.63) is 108 Å². The highest BCUT2D eigenvalue weighted by Gasteiger charge is 2.35. The molecule has 0 amide bonds. The number of aliphatic hydroxyl groups excluding tert-OH is 2. The molecule has 3 N–H and O–H groups in total. The van der Waals surface area contributed by atoms with Crippen LogP contribution >= 0.6 is 0 Å². The van der Waals surface area contributed by atoms with E-state index >= 15 is 0 Å². The molecule has 4 atom stereocenters. The van der Waals surface area contributed by atoms with Crippen LogP contribution in [0.15, 0.2) is 91.0 Å². The van der Waals surface area contributed by atoms with Crippen molar-refractivity contribution in [3.63, 3.8) is 0 Å². The first-order valence-corrected chi connectivity index (χ1v) is 15.7. The van der Waals surface area contributed by atoms with E-state index in [-0.39, 0.29) is 31.2 Å². The van der Waals surface area contributed by atoms with Crippen molar-refractivity contribution in [3.8, 4) is 11.5 Å². The highest BCUT2D eigenvalue weighted by molar-refractivity contribution is 5.82. The number of para-hydroxylation sites is 1. The van der Waals surface area contributed by atoms with E-state index in [4.69, 9.17) is 23.7 Å². The molecule has 0 radical (unpaired) electrons. The Labute approximate surface area is 265 Å². The van der Waals surface area contributed by atoms with Crippen LogP contribution in [0.4, 0.5) is 0 Å². The number of benzene rings is 4. The topological polar surface area (TPSA) is 98.6 Å². The number of nitrogens with one attached hydrogen (secondary N) is 1. The summed E-state index contributed by atoms with van der Waals surface area (Å²) in [4.78, 5) is 0. The van der Waals surface area contributed by atoms with Crippen molar-refractivity contribution >= 4 is 10.8 Å². The molecular formula is C37H45NO7. The van der Waals surface area contributed by atoms with Crippen molar-refractivity contribution < 1.29 is 33.9 Å². The fourth-order valence-electron chi connectivity index (χ4n) is 5.86. The standard InChI is InChI=1S/C37H45NO7/c1-41-35-10-5-4-9-31(35)24-42-17-6-18-44-34-15-13-29(14-16-34)37-32(25-43-26-33(40)22-39)20-38-21-36(37)45-23-27-11-12-28-7-2-3-8-30(28)19-27/h2-5,7-16,19,32-33,36-40H,6,17-18,20-26H2,1H3/t32-,33-,36-,37-/m0/s1. The van der Waals surface area contributed by atoms with Gasteiger partial charge < -0.3 is 39.2 Å². The van der Waals surface area contributed by atoms with Gasteiger partial charge in [-0.2, -0.15) is 0 Å². The molecule has 5 rings (SSSR count). The Kier molecular flexibility index (Phi) is 12.6. The average molecular weight is 616 g/mol. The lowest BCUT2D eigenvalue weighted by Crippen LogP contribution is -2.48. The summed E-state index contributed by atoms with van der Waals surface area (Å²) in [5.41, 5.74) is 3.32. The van der Waals surface area contributed by atoms with Crippen molar-refractivity contribution in [1.29, 1.82) is 0 Å².